The van der Waals surface area contributed by atoms with Crippen LogP contribution in [0.25, 0.3) is 11.3 Å². The fourth-order valence-corrected chi connectivity index (χ4v) is 5.03. The number of benzene rings is 1. The third-order valence-electron chi connectivity index (χ3n) is 7.10. The van der Waals surface area contributed by atoms with Crippen LogP contribution in [0.15, 0.2) is 48.8 Å². The molecule has 4 heterocycles. The van der Waals surface area contributed by atoms with Gasteiger partial charge in [-0.05, 0) is 81.6 Å². The summed E-state index contributed by atoms with van der Waals surface area (Å²) in [6, 6.07) is 13.2. The Labute approximate surface area is 224 Å². The fraction of sp³-hybridized carbons (Fsp3) is 0.407. The molecule has 0 spiro atoms. The van der Waals surface area contributed by atoms with E-state index in [2.05, 4.69) is 49.4 Å². The number of aliphatic carboxylic acids is 1. The van der Waals surface area contributed by atoms with Gasteiger partial charge in [0.15, 0.2) is 0 Å². The number of aromatic nitrogens is 3. The molecule has 39 heavy (non-hydrogen) atoms. The smallest absolute Gasteiger partial charge is 0.475 e. The summed E-state index contributed by atoms with van der Waals surface area (Å²) >= 11 is 0. The summed E-state index contributed by atoms with van der Waals surface area (Å²) < 4.78 is 31.7. The molecule has 1 amide bonds. The molecule has 2 aliphatic rings. The summed E-state index contributed by atoms with van der Waals surface area (Å²) in [6.07, 6.45) is 2.21. The molecule has 12 heteroatoms. The van der Waals surface area contributed by atoms with E-state index in [0.29, 0.717) is 17.8 Å². The number of hydrogen-bond donors (Lipinski definition) is 3. The average molecular weight is 545 g/mol. The van der Waals surface area contributed by atoms with Gasteiger partial charge in [0.25, 0.3) is 5.91 Å². The molecule has 208 valence electrons. The van der Waals surface area contributed by atoms with E-state index in [4.69, 9.17) is 9.90 Å². The molecule has 2 aliphatic heterocycles. The zero-order valence-electron chi connectivity index (χ0n) is 21.7. The van der Waals surface area contributed by atoms with Crippen LogP contribution < -0.4 is 10.2 Å². The molecule has 2 saturated heterocycles. The van der Waals surface area contributed by atoms with Gasteiger partial charge in [-0.2, -0.15) is 18.3 Å². The van der Waals surface area contributed by atoms with Crippen molar-refractivity contribution in [3.63, 3.8) is 0 Å². The number of nitrogens with one attached hydrogen (secondary N) is 2. The number of hydrogen-bond acceptors (Lipinski definition) is 6. The van der Waals surface area contributed by atoms with E-state index in [1.807, 2.05) is 25.1 Å². The van der Waals surface area contributed by atoms with Gasteiger partial charge in [-0.25, -0.2) is 4.79 Å². The summed E-state index contributed by atoms with van der Waals surface area (Å²) in [4.78, 5) is 30.8. The van der Waals surface area contributed by atoms with Crippen molar-refractivity contribution in [2.24, 2.45) is 0 Å². The lowest BCUT2D eigenvalue weighted by Gasteiger charge is -2.28. The SMILES string of the molecule is Cc1cc(N2CCC(N3CCCC3C)C2)ccc1NC(=O)c1cc(-c2ccncc2)n[nH]1.O=C(O)C(F)(F)F. The molecule has 0 saturated carbocycles. The summed E-state index contributed by atoms with van der Waals surface area (Å²) in [7, 11) is 0. The molecule has 9 nitrogen and oxygen atoms in total. The highest BCUT2D eigenvalue weighted by Gasteiger charge is 2.38. The molecule has 2 aromatic heterocycles. The highest BCUT2D eigenvalue weighted by atomic mass is 19.4. The Bertz CT molecular complexity index is 1300. The molecule has 3 N–H and O–H groups in total. The first-order valence-corrected chi connectivity index (χ1v) is 12.7. The Balaban J connectivity index is 0.000000448. The van der Waals surface area contributed by atoms with E-state index in [0.717, 1.165) is 35.6 Å². The lowest BCUT2D eigenvalue weighted by atomic mass is 10.1. The molecule has 0 aliphatic carbocycles. The number of H-pyrrole nitrogens is 1. The van der Waals surface area contributed by atoms with Gasteiger partial charge in [0, 0.05) is 54.5 Å². The van der Waals surface area contributed by atoms with Gasteiger partial charge < -0.3 is 15.3 Å². The number of carbonyl (C=O) groups is 2. The van der Waals surface area contributed by atoms with Crippen molar-refractivity contribution in [2.75, 3.05) is 29.9 Å². The third kappa shape index (κ3) is 6.94. The van der Waals surface area contributed by atoms with Gasteiger partial charge >= 0.3 is 12.1 Å². The van der Waals surface area contributed by atoms with Gasteiger partial charge in [-0.1, -0.05) is 0 Å². The van der Waals surface area contributed by atoms with E-state index >= 15 is 0 Å². The normalized spacial score (nSPS) is 19.5. The Morgan fingerprint density at radius 3 is 2.44 bits per heavy atom. The molecule has 2 unspecified atom stereocenters. The maximum Gasteiger partial charge on any atom is 0.490 e. The Hall–Kier alpha value is -3.93. The third-order valence-corrected chi connectivity index (χ3v) is 7.10. The van der Waals surface area contributed by atoms with Crippen molar-refractivity contribution in [1.82, 2.24) is 20.1 Å². The van der Waals surface area contributed by atoms with E-state index in [-0.39, 0.29) is 5.91 Å². The number of carboxylic acids is 1. The summed E-state index contributed by atoms with van der Waals surface area (Å²) in [6.45, 7) is 7.81. The molecule has 2 atom stereocenters. The molecule has 2 fully saturated rings. The van der Waals surface area contributed by atoms with Crippen LogP contribution in [0.5, 0.6) is 0 Å². The number of carbonyl (C=O) groups excluding carboxylic acids is 1. The number of aromatic amines is 1. The molecule has 0 radical (unpaired) electrons. The minimum absolute atomic E-state index is 0.196. The quantitative estimate of drug-likeness (QED) is 0.426. The van der Waals surface area contributed by atoms with Crippen LogP contribution in [-0.2, 0) is 4.79 Å². The summed E-state index contributed by atoms with van der Waals surface area (Å²) in [5.41, 5.74) is 5.19. The predicted molar refractivity (Wildman–Crippen MR) is 141 cm³/mol. The molecule has 0 bridgehead atoms. The van der Waals surface area contributed by atoms with Gasteiger partial charge in [0.1, 0.15) is 5.69 Å². The number of pyridine rings is 1. The minimum atomic E-state index is -5.08. The van der Waals surface area contributed by atoms with Crippen LogP contribution in [0.3, 0.4) is 0 Å². The number of halogens is 3. The van der Waals surface area contributed by atoms with Crippen molar-refractivity contribution in [2.45, 2.75) is 51.4 Å². The highest BCUT2D eigenvalue weighted by Crippen LogP contribution is 2.30. The van der Waals surface area contributed by atoms with Crippen molar-refractivity contribution in [3.8, 4) is 11.3 Å². The molecular formula is C27H31F3N6O3. The monoisotopic (exact) mass is 544 g/mol. The number of carboxylic acid groups (broad SMARTS) is 1. The zero-order valence-corrected chi connectivity index (χ0v) is 21.7. The number of aryl methyl sites for hydroxylation is 1. The number of alkyl halides is 3. The first-order valence-electron chi connectivity index (χ1n) is 12.7. The lowest BCUT2D eigenvalue weighted by molar-refractivity contribution is -0.192. The van der Waals surface area contributed by atoms with Crippen LogP contribution in [0.1, 0.15) is 42.2 Å². The van der Waals surface area contributed by atoms with E-state index in [9.17, 15) is 18.0 Å². The molecule has 5 rings (SSSR count). The highest BCUT2D eigenvalue weighted by molar-refractivity contribution is 6.04. The first kappa shape index (κ1) is 28.1. The Morgan fingerprint density at radius 1 is 1.10 bits per heavy atom. The van der Waals surface area contributed by atoms with E-state index in [1.54, 1.807) is 18.5 Å². The van der Waals surface area contributed by atoms with Gasteiger partial charge in [0.05, 0.1) is 5.69 Å². The number of amides is 1. The first-order chi connectivity index (χ1) is 18.5. The summed E-state index contributed by atoms with van der Waals surface area (Å²) in [5, 5.41) is 17.2. The standard InChI is InChI=1S/C25H30N6O.C2HF3O2/c1-17-14-20(30-13-9-21(16-30)31-12-3-4-18(31)2)5-6-22(17)27-25(32)24-15-23(28-29-24)19-7-10-26-11-8-19;3-2(4,5)1(6)7/h5-8,10-11,14-15,18,21H,3-4,9,12-13,16H2,1-2H3,(H,27,32)(H,28,29);(H,6,7). The second-order valence-corrected chi connectivity index (χ2v) is 9.78. The van der Waals surface area contributed by atoms with Crippen molar-refractivity contribution in [3.05, 3.63) is 60.0 Å². The van der Waals surface area contributed by atoms with Crippen LogP contribution in [0.2, 0.25) is 0 Å². The number of nitrogens with zero attached hydrogens (tertiary/aromatic N) is 4. The van der Waals surface area contributed by atoms with Crippen molar-refractivity contribution < 1.29 is 27.9 Å². The molecule has 3 aromatic rings. The topological polar surface area (TPSA) is 114 Å². The number of rotatable bonds is 5. The van der Waals surface area contributed by atoms with E-state index < -0.39 is 12.1 Å². The second-order valence-electron chi connectivity index (χ2n) is 9.78. The maximum absolute atomic E-state index is 12.8. The van der Waals surface area contributed by atoms with E-state index in [1.165, 1.54) is 31.5 Å². The largest absolute Gasteiger partial charge is 0.490 e. The minimum Gasteiger partial charge on any atom is -0.475 e. The van der Waals surface area contributed by atoms with Gasteiger partial charge in [-0.3, -0.25) is 19.8 Å². The number of likely N-dealkylation sites (tertiary alicyclic amines) is 1. The molecule has 1 aromatic carbocycles. The maximum atomic E-state index is 12.8. The van der Waals surface area contributed by atoms with Gasteiger partial charge in [0.2, 0.25) is 0 Å². The molecular weight excluding hydrogens is 513 g/mol. The van der Waals surface area contributed by atoms with Crippen LogP contribution in [0, 0.1) is 6.92 Å². The number of anilines is 2. The lowest BCUT2D eigenvalue weighted by Crippen LogP contribution is -2.39. The van der Waals surface area contributed by atoms with Gasteiger partial charge in [-0.15, -0.1) is 0 Å². The Morgan fingerprint density at radius 2 is 1.82 bits per heavy atom. The second kappa shape index (κ2) is 11.9. The average Bonchev–Trinajstić information content (AvgIpc) is 3.66. The van der Waals surface area contributed by atoms with Crippen LogP contribution in [0.4, 0.5) is 24.5 Å². The Kier molecular flexibility index (Phi) is 8.54. The fourth-order valence-electron chi connectivity index (χ4n) is 5.03. The predicted octanol–water partition coefficient (Wildman–Crippen LogP) is 4.73. The van der Waals surface area contributed by atoms with Crippen LogP contribution >= 0.6 is 0 Å². The summed E-state index contributed by atoms with van der Waals surface area (Å²) in [5.74, 6) is -2.95. The van der Waals surface area contributed by atoms with Crippen LogP contribution in [-0.4, -0.2) is 75.0 Å². The van der Waals surface area contributed by atoms with Crippen molar-refractivity contribution >= 4 is 23.3 Å². The zero-order chi connectivity index (χ0) is 28.2. The van der Waals surface area contributed by atoms with Crippen molar-refractivity contribution in [1.29, 1.82) is 0 Å².